The Bertz CT molecular complexity index is 1060. The van der Waals surface area contributed by atoms with Gasteiger partial charge in [0, 0.05) is 25.3 Å². The molecule has 1 aliphatic rings. The van der Waals surface area contributed by atoms with Gasteiger partial charge in [0.25, 0.3) is 5.56 Å². The number of pyridine rings is 1. The quantitative estimate of drug-likeness (QED) is 0.634. The molecule has 9 nitrogen and oxygen atoms in total. The molecule has 30 heavy (non-hydrogen) atoms. The van der Waals surface area contributed by atoms with Crippen molar-refractivity contribution >= 4 is 10.9 Å². The van der Waals surface area contributed by atoms with Gasteiger partial charge in [-0.2, -0.15) is 0 Å². The maximum Gasteiger partial charge on any atom is 0.253 e. The van der Waals surface area contributed by atoms with E-state index in [9.17, 15) is 4.79 Å². The Labute approximate surface area is 175 Å². The Kier molecular flexibility index (Phi) is 6.10. The van der Waals surface area contributed by atoms with Crippen LogP contribution in [-0.4, -0.2) is 64.0 Å². The monoisotopic (exact) mass is 412 g/mol. The molecule has 1 aliphatic heterocycles. The molecule has 0 bridgehead atoms. The zero-order valence-electron chi connectivity index (χ0n) is 17.7. The molecular formula is C21H28N6O3. The highest BCUT2D eigenvalue weighted by atomic mass is 16.5. The Morgan fingerprint density at radius 2 is 2.17 bits per heavy atom. The first kappa shape index (κ1) is 20.5. The Hall–Kier alpha value is -2.78. The standard InChI is InChI=1S/C21H28N6O3/c1-14-5-4-8-26(13-14)19(20-23-24-25-27(20)9-10-29-2)17-11-15-6-7-16(30-3)12-18(15)22-21(17)28/h6-7,11-12,14,19H,4-5,8-10,13H2,1-3H3,(H,22,28)/t14-,19+/m0/s1. The lowest BCUT2D eigenvalue weighted by atomic mass is 9.95. The first-order valence-corrected chi connectivity index (χ1v) is 10.3. The summed E-state index contributed by atoms with van der Waals surface area (Å²) in [5, 5.41) is 13.3. The second-order valence-corrected chi connectivity index (χ2v) is 7.90. The van der Waals surface area contributed by atoms with E-state index < -0.39 is 0 Å². The topological polar surface area (TPSA) is 98.2 Å². The van der Waals surface area contributed by atoms with Gasteiger partial charge in [-0.1, -0.05) is 6.92 Å². The summed E-state index contributed by atoms with van der Waals surface area (Å²) in [6.07, 6.45) is 2.27. The summed E-state index contributed by atoms with van der Waals surface area (Å²) in [4.78, 5) is 18.5. The van der Waals surface area contributed by atoms with Crippen LogP contribution >= 0.6 is 0 Å². The number of benzene rings is 1. The van der Waals surface area contributed by atoms with Crippen LogP contribution < -0.4 is 10.3 Å². The Morgan fingerprint density at radius 3 is 2.93 bits per heavy atom. The molecule has 1 aromatic carbocycles. The molecule has 0 unspecified atom stereocenters. The molecule has 0 saturated carbocycles. The fraction of sp³-hybridized carbons (Fsp3) is 0.524. The number of fused-ring (bicyclic) bond motifs is 1. The lowest BCUT2D eigenvalue weighted by Gasteiger charge is -2.36. The first-order chi connectivity index (χ1) is 14.6. The molecule has 9 heteroatoms. The maximum absolute atomic E-state index is 13.2. The molecule has 1 saturated heterocycles. The number of methoxy groups -OCH3 is 2. The van der Waals surface area contributed by atoms with Crippen LogP contribution in [0, 0.1) is 5.92 Å². The van der Waals surface area contributed by atoms with E-state index in [2.05, 4.69) is 32.3 Å². The van der Waals surface area contributed by atoms with E-state index in [1.165, 1.54) is 6.42 Å². The molecule has 2 atom stereocenters. The van der Waals surface area contributed by atoms with Gasteiger partial charge in [-0.25, -0.2) is 4.68 Å². The summed E-state index contributed by atoms with van der Waals surface area (Å²) in [5.41, 5.74) is 1.25. The average Bonchev–Trinajstić information content (AvgIpc) is 3.20. The van der Waals surface area contributed by atoms with Gasteiger partial charge in [0.2, 0.25) is 0 Å². The number of tetrazole rings is 1. The molecule has 4 rings (SSSR count). The van der Waals surface area contributed by atoms with E-state index in [4.69, 9.17) is 9.47 Å². The molecule has 160 valence electrons. The lowest BCUT2D eigenvalue weighted by molar-refractivity contribution is 0.137. The normalized spacial score (nSPS) is 18.6. The van der Waals surface area contributed by atoms with Gasteiger partial charge in [-0.05, 0) is 59.3 Å². The van der Waals surface area contributed by atoms with Crippen molar-refractivity contribution in [1.29, 1.82) is 0 Å². The number of H-pyrrole nitrogens is 1. The summed E-state index contributed by atoms with van der Waals surface area (Å²) >= 11 is 0. The molecule has 0 amide bonds. The van der Waals surface area contributed by atoms with Crippen LogP contribution in [-0.2, 0) is 11.3 Å². The summed E-state index contributed by atoms with van der Waals surface area (Å²) in [5.74, 6) is 1.92. The van der Waals surface area contributed by atoms with Crippen LogP contribution in [0.25, 0.3) is 10.9 Å². The van der Waals surface area contributed by atoms with Crippen LogP contribution in [0.4, 0.5) is 0 Å². The number of aromatic amines is 1. The summed E-state index contributed by atoms with van der Waals surface area (Å²) in [6.45, 7) is 5.05. The van der Waals surface area contributed by atoms with Crippen LogP contribution in [0.5, 0.6) is 5.75 Å². The molecular weight excluding hydrogens is 384 g/mol. The lowest BCUT2D eigenvalue weighted by Crippen LogP contribution is -2.41. The van der Waals surface area contributed by atoms with Crippen molar-refractivity contribution < 1.29 is 9.47 Å². The van der Waals surface area contributed by atoms with Crippen molar-refractivity contribution in [3.05, 3.63) is 46.0 Å². The van der Waals surface area contributed by atoms with Gasteiger partial charge < -0.3 is 14.5 Å². The third kappa shape index (κ3) is 4.08. The summed E-state index contributed by atoms with van der Waals surface area (Å²) < 4.78 is 12.2. The smallest absolute Gasteiger partial charge is 0.253 e. The predicted molar refractivity (Wildman–Crippen MR) is 113 cm³/mol. The molecule has 1 fully saturated rings. The number of nitrogens with one attached hydrogen (secondary N) is 1. The van der Waals surface area contributed by atoms with Crippen molar-refractivity contribution in [3.8, 4) is 5.75 Å². The van der Waals surface area contributed by atoms with E-state index in [1.54, 1.807) is 18.9 Å². The van der Waals surface area contributed by atoms with Gasteiger partial charge in [0.1, 0.15) is 11.8 Å². The molecule has 2 aromatic heterocycles. The maximum atomic E-state index is 13.2. The fourth-order valence-corrected chi connectivity index (χ4v) is 4.23. The molecule has 0 aliphatic carbocycles. The Balaban J connectivity index is 1.82. The van der Waals surface area contributed by atoms with Crippen LogP contribution in [0.3, 0.4) is 0 Å². The van der Waals surface area contributed by atoms with Crippen molar-refractivity contribution in [3.63, 3.8) is 0 Å². The third-order valence-electron chi connectivity index (χ3n) is 5.74. The highest BCUT2D eigenvalue weighted by molar-refractivity contribution is 5.80. The Morgan fingerprint density at radius 1 is 1.30 bits per heavy atom. The second-order valence-electron chi connectivity index (χ2n) is 7.90. The van der Waals surface area contributed by atoms with E-state index >= 15 is 0 Å². The number of aromatic nitrogens is 5. The van der Waals surface area contributed by atoms with Crippen LogP contribution in [0.15, 0.2) is 29.1 Å². The van der Waals surface area contributed by atoms with Gasteiger partial charge in [0.05, 0.1) is 25.8 Å². The van der Waals surface area contributed by atoms with Crippen LogP contribution in [0.2, 0.25) is 0 Å². The largest absolute Gasteiger partial charge is 0.497 e. The van der Waals surface area contributed by atoms with Crippen molar-refractivity contribution in [1.82, 2.24) is 30.1 Å². The van der Waals surface area contributed by atoms with Crippen LogP contribution in [0.1, 0.15) is 37.2 Å². The van der Waals surface area contributed by atoms with E-state index in [0.717, 1.165) is 30.4 Å². The molecule has 0 spiro atoms. The molecule has 3 heterocycles. The number of likely N-dealkylation sites (tertiary alicyclic amines) is 1. The summed E-state index contributed by atoms with van der Waals surface area (Å²) in [6, 6.07) is 7.31. The fourth-order valence-electron chi connectivity index (χ4n) is 4.23. The second kappa shape index (κ2) is 8.93. The van der Waals surface area contributed by atoms with E-state index in [0.29, 0.717) is 36.2 Å². The molecule has 0 radical (unpaired) electrons. The van der Waals surface area contributed by atoms with Crippen molar-refractivity contribution in [2.75, 3.05) is 33.9 Å². The highest BCUT2D eigenvalue weighted by Crippen LogP contribution is 2.31. The minimum absolute atomic E-state index is 0.139. The van der Waals surface area contributed by atoms with Gasteiger partial charge in [-0.3, -0.25) is 9.69 Å². The predicted octanol–water partition coefficient (Wildman–Crippen LogP) is 1.99. The number of ether oxygens (including phenoxy) is 2. The highest BCUT2D eigenvalue weighted by Gasteiger charge is 2.32. The number of piperidine rings is 1. The van der Waals surface area contributed by atoms with Crippen molar-refractivity contribution in [2.45, 2.75) is 32.4 Å². The SMILES string of the molecule is COCCn1nnnc1[C@@H](c1cc2ccc(OC)cc2[nH]c1=O)N1CCC[C@H](C)C1. The molecule has 3 aromatic rings. The zero-order chi connectivity index (χ0) is 21.1. The number of nitrogens with zero attached hydrogens (tertiary/aromatic N) is 5. The number of hydrogen-bond acceptors (Lipinski definition) is 7. The minimum Gasteiger partial charge on any atom is -0.497 e. The minimum atomic E-state index is -0.324. The van der Waals surface area contributed by atoms with Gasteiger partial charge >= 0.3 is 0 Å². The van der Waals surface area contributed by atoms with Gasteiger partial charge in [0.15, 0.2) is 5.82 Å². The number of rotatable bonds is 7. The molecule has 1 N–H and O–H groups in total. The average molecular weight is 412 g/mol. The third-order valence-corrected chi connectivity index (χ3v) is 5.74. The first-order valence-electron chi connectivity index (χ1n) is 10.3. The zero-order valence-corrected chi connectivity index (χ0v) is 17.7. The van der Waals surface area contributed by atoms with Gasteiger partial charge in [-0.15, -0.1) is 5.10 Å². The van der Waals surface area contributed by atoms with E-state index in [1.807, 2.05) is 24.3 Å². The number of hydrogen-bond donors (Lipinski definition) is 1. The van der Waals surface area contributed by atoms with Crippen molar-refractivity contribution in [2.24, 2.45) is 5.92 Å². The van der Waals surface area contributed by atoms with E-state index in [-0.39, 0.29) is 11.6 Å². The summed E-state index contributed by atoms with van der Waals surface area (Å²) in [7, 11) is 3.26.